The molecule has 0 aliphatic carbocycles. The smallest absolute Gasteiger partial charge is 0.264 e. The average molecular weight is 446 g/mol. The zero-order chi connectivity index (χ0) is 18.0. The fourth-order valence-electron chi connectivity index (χ4n) is 3.37. The second kappa shape index (κ2) is 9.82. The highest BCUT2D eigenvalue weighted by atomic mass is 35.5. The Morgan fingerprint density at radius 3 is 2.89 bits per heavy atom. The van der Waals surface area contributed by atoms with Gasteiger partial charge in [-0.1, -0.05) is 11.8 Å². The molecule has 0 spiro atoms. The molecule has 0 radical (unpaired) electrons. The van der Waals surface area contributed by atoms with Crippen LogP contribution in [0.5, 0.6) is 5.75 Å². The minimum Gasteiger partial charge on any atom is -0.475 e. The van der Waals surface area contributed by atoms with Crippen molar-refractivity contribution in [1.82, 2.24) is 25.2 Å². The molecule has 0 unspecified atom stereocenters. The van der Waals surface area contributed by atoms with E-state index in [2.05, 4.69) is 25.2 Å². The Balaban J connectivity index is 0.00000140. The second-order valence-corrected chi connectivity index (χ2v) is 7.73. The van der Waals surface area contributed by atoms with Crippen LogP contribution in [0, 0.1) is 6.92 Å². The second-order valence-electron chi connectivity index (χ2n) is 6.67. The van der Waals surface area contributed by atoms with Crippen molar-refractivity contribution in [2.75, 3.05) is 18.8 Å². The third kappa shape index (κ3) is 4.74. The van der Waals surface area contributed by atoms with Gasteiger partial charge in [-0.15, -0.1) is 24.8 Å². The van der Waals surface area contributed by atoms with Crippen molar-refractivity contribution in [3.05, 3.63) is 35.9 Å². The number of halogens is 2. The number of nitrogens with zero attached hydrogens (tertiary/aromatic N) is 3. The van der Waals surface area contributed by atoms with Gasteiger partial charge in [0.05, 0.1) is 17.9 Å². The molecule has 2 aromatic rings. The SMILES string of the molecule is Cc1ncccc1OC1(C(=O)NCc2cn3c(n2)SCC3)CCNCC1.Cl.Cl. The van der Waals surface area contributed by atoms with Crippen molar-refractivity contribution in [3.63, 3.8) is 0 Å². The summed E-state index contributed by atoms with van der Waals surface area (Å²) < 4.78 is 8.38. The minimum absolute atomic E-state index is 0. The van der Waals surface area contributed by atoms with E-state index in [1.165, 1.54) is 0 Å². The van der Waals surface area contributed by atoms with Crippen LogP contribution in [0.4, 0.5) is 0 Å². The van der Waals surface area contributed by atoms with E-state index in [-0.39, 0.29) is 30.7 Å². The number of carbonyl (C=O) groups is 1. The fourth-order valence-corrected chi connectivity index (χ4v) is 4.33. The van der Waals surface area contributed by atoms with Crippen molar-refractivity contribution in [1.29, 1.82) is 0 Å². The van der Waals surface area contributed by atoms with E-state index in [1.807, 2.05) is 25.3 Å². The third-order valence-electron chi connectivity index (χ3n) is 4.87. The number of pyridine rings is 1. The minimum atomic E-state index is -0.865. The van der Waals surface area contributed by atoms with Gasteiger partial charge in [-0.3, -0.25) is 9.78 Å². The maximum absolute atomic E-state index is 13.1. The van der Waals surface area contributed by atoms with Crippen LogP contribution >= 0.6 is 36.6 Å². The molecule has 1 saturated heterocycles. The number of ether oxygens (including phenoxy) is 1. The monoisotopic (exact) mass is 445 g/mol. The number of thioether (sulfide) groups is 1. The summed E-state index contributed by atoms with van der Waals surface area (Å²) in [6, 6.07) is 3.70. The van der Waals surface area contributed by atoms with Gasteiger partial charge in [0, 0.05) is 37.5 Å². The van der Waals surface area contributed by atoms with Gasteiger partial charge in [-0.2, -0.15) is 0 Å². The highest BCUT2D eigenvalue weighted by Gasteiger charge is 2.42. The number of imidazole rings is 1. The Labute approximate surface area is 181 Å². The van der Waals surface area contributed by atoms with Crippen LogP contribution in [-0.2, 0) is 17.9 Å². The summed E-state index contributed by atoms with van der Waals surface area (Å²) >= 11 is 1.75. The predicted molar refractivity (Wildman–Crippen MR) is 114 cm³/mol. The lowest BCUT2D eigenvalue weighted by Crippen LogP contribution is -2.56. The van der Waals surface area contributed by atoms with Crippen LogP contribution in [0.25, 0.3) is 0 Å². The summed E-state index contributed by atoms with van der Waals surface area (Å²) in [5.74, 6) is 1.66. The van der Waals surface area contributed by atoms with Crippen molar-refractivity contribution in [2.24, 2.45) is 0 Å². The van der Waals surface area contributed by atoms with Crippen LogP contribution in [0.15, 0.2) is 29.7 Å². The molecule has 2 aromatic heterocycles. The highest BCUT2D eigenvalue weighted by molar-refractivity contribution is 7.99. The first-order valence-electron chi connectivity index (χ1n) is 8.95. The Kier molecular flexibility index (Phi) is 8.00. The Morgan fingerprint density at radius 1 is 1.39 bits per heavy atom. The van der Waals surface area contributed by atoms with E-state index in [1.54, 1.807) is 18.0 Å². The van der Waals surface area contributed by atoms with Gasteiger partial charge >= 0.3 is 0 Å². The van der Waals surface area contributed by atoms with E-state index in [4.69, 9.17) is 4.74 Å². The molecule has 4 heterocycles. The lowest BCUT2D eigenvalue weighted by Gasteiger charge is -2.36. The molecule has 1 amide bonds. The topological polar surface area (TPSA) is 81.1 Å². The lowest BCUT2D eigenvalue weighted by atomic mass is 9.90. The van der Waals surface area contributed by atoms with Crippen molar-refractivity contribution in [3.8, 4) is 5.75 Å². The molecular formula is C18H25Cl2N5O2S. The molecule has 0 atom stereocenters. The number of aryl methyl sites for hydroxylation is 2. The van der Waals surface area contributed by atoms with Gasteiger partial charge in [-0.25, -0.2) is 4.98 Å². The molecule has 0 bridgehead atoms. The van der Waals surface area contributed by atoms with E-state index < -0.39 is 5.60 Å². The van der Waals surface area contributed by atoms with Crippen molar-refractivity contribution >= 4 is 42.5 Å². The van der Waals surface area contributed by atoms with Gasteiger partial charge < -0.3 is 19.9 Å². The van der Waals surface area contributed by atoms with Crippen LogP contribution in [0.2, 0.25) is 0 Å². The summed E-state index contributed by atoms with van der Waals surface area (Å²) in [7, 11) is 0. The number of hydrogen-bond acceptors (Lipinski definition) is 6. The molecule has 154 valence electrons. The van der Waals surface area contributed by atoms with Gasteiger partial charge in [0.15, 0.2) is 10.8 Å². The van der Waals surface area contributed by atoms with Crippen molar-refractivity contribution in [2.45, 2.75) is 43.6 Å². The van der Waals surface area contributed by atoms with Crippen LogP contribution in [0.1, 0.15) is 24.2 Å². The predicted octanol–water partition coefficient (Wildman–Crippen LogP) is 2.35. The number of hydrogen-bond donors (Lipinski definition) is 2. The maximum atomic E-state index is 13.1. The number of fused-ring (bicyclic) bond motifs is 1. The Bertz CT molecular complexity index is 790. The molecule has 1 fully saturated rings. The molecule has 4 rings (SSSR count). The van der Waals surface area contributed by atoms with Gasteiger partial charge in [0.25, 0.3) is 5.91 Å². The molecular weight excluding hydrogens is 421 g/mol. The molecule has 0 aromatic carbocycles. The first-order valence-corrected chi connectivity index (χ1v) is 9.93. The maximum Gasteiger partial charge on any atom is 0.264 e. The zero-order valence-electron chi connectivity index (χ0n) is 15.6. The zero-order valence-corrected chi connectivity index (χ0v) is 18.1. The first-order chi connectivity index (χ1) is 12.7. The summed E-state index contributed by atoms with van der Waals surface area (Å²) in [5, 5.41) is 7.38. The number of nitrogens with one attached hydrogen (secondary N) is 2. The number of piperidine rings is 1. The Morgan fingerprint density at radius 2 is 2.18 bits per heavy atom. The number of rotatable bonds is 5. The van der Waals surface area contributed by atoms with E-state index in [0.29, 0.717) is 25.1 Å². The fraction of sp³-hybridized carbons (Fsp3) is 0.500. The van der Waals surface area contributed by atoms with Gasteiger partial charge in [0.2, 0.25) is 0 Å². The average Bonchev–Trinajstić information content (AvgIpc) is 3.24. The summed E-state index contributed by atoms with van der Waals surface area (Å²) in [5.41, 5.74) is 0.818. The number of amides is 1. The highest BCUT2D eigenvalue weighted by Crippen LogP contribution is 2.29. The molecule has 7 nitrogen and oxygen atoms in total. The van der Waals surface area contributed by atoms with Crippen LogP contribution < -0.4 is 15.4 Å². The quantitative estimate of drug-likeness (QED) is 0.734. The summed E-state index contributed by atoms with van der Waals surface area (Å²) in [6.07, 6.45) is 5.01. The molecule has 0 saturated carbocycles. The normalized spacial score (nSPS) is 17.0. The standard InChI is InChI=1S/C18H23N5O2S.2ClH/c1-13-15(3-2-6-20-13)25-18(4-7-19-8-5-18)16(24)21-11-14-12-23-9-10-26-17(23)22-14;;/h2-3,6,12,19H,4-5,7-11H2,1H3,(H,21,24);2*1H. The van der Waals surface area contributed by atoms with Gasteiger partial charge in [0.1, 0.15) is 5.75 Å². The van der Waals surface area contributed by atoms with E-state index in [0.717, 1.165) is 41.9 Å². The summed E-state index contributed by atoms with van der Waals surface area (Å²) in [6.45, 7) is 4.81. The molecule has 2 aliphatic heterocycles. The third-order valence-corrected chi connectivity index (χ3v) is 5.84. The first kappa shape index (κ1) is 22.8. The molecule has 2 N–H and O–H groups in total. The Hall–Kier alpha value is -1.48. The number of carbonyl (C=O) groups excluding carboxylic acids is 1. The molecule has 2 aliphatic rings. The molecule has 28 heavy (non-hydrogen) atoms. The van der Waals surface area contributed by atoms with Gasteiger partial charge in [-0.05, 0) is 32.1 Å². The largest absolute Gasteiger partial charge is 0.475 e. The molecule has 10 heteroatoms. The van der Waals surface area contributed by atoms with E-state index >= 15 is 0 Å². The van der Waals surface area contributed by atoms with Crippen LogP contribution in [-0.4, -0.2) is 44.9 Å². The van der Waals surface area contributed by atoms with E-state index in [9.17, 15) is 4.79 Å². The number of aromatic nitrogens is 3. The summed E-state index contributed by atoms with van der Waals surface area (Å²) in [4.78, 5) is 21.9. The van der Waals surface area contributed by atoms with Crippen LogP contribution in [0.3, 0.4) is 0 Å². The lowest BCUT2D eigenvalue weighted by molar-refractivity contribution is -0.139. The van der Waals surface area contributed by atoms with Crippen molar-refractivity contribution < 1.29 is 9.53 Å².